The molecule has 0 saturated carbocycles. The van der Waals surface area contributed by atoms with Crippen LogP contribution in [0.2, 0.25) is 0 Å². The van der Waals surface area contributed by atoms with Crippen molar-refractivity contribution in [1.82, 2.24) is 10.2 Å². The molecule has 0 aromatic heterocycles. The molecule has 2 aromatic carbocycles. The number of urea groups is 1. The largest absolute Gasteiger partial charge is 0.370 e. The first kappa shape index (κ1) is 23.3. The normalized spacial score (nSPS) is 10.5. The van der Waals surface area contributed by atoms with E-state index in [4.69, 9.17) is 0 Å². The molecule has 2 N–H and O–H groups in total. The maximum Gasteiger partial charge on any atom is 0.317 e. The van der Waals surface area contributed by atoms with Gasteiger partial charge < -0.3 is 20.4 Å². The zero-order valence-electron chi connectivity index (χ0n) is 19.0. The minimum atomic E-state index is -0.261. The minimum Gasteiger partial charge on any atom is -0.370 e. The first-order valence-corrected chi connectivity index (χ1v) is 10.4. The van der Waals surface area contributed by atoms with Gasteiger partial charge in [-0.2, -0.15) is 0 Å². The number of hydrogen-bond acceptors (Lipinski definition) is 3. The summed E-state index contributed by atoms with van der Waals surface area (Å²) >= 11 is 0. The summed E-state index contributed by atoms with van der Waals surface area (Å²) < 4.78 is 0. The van der Waals surface area contributed by atoms with Crippen LogP contribution in [0, 0.1) is 27.7 Å². The van der Waals surface area contributed by atoms with Crippen LogP contribution < -0.4 is 15.5 Å². The monoisotopic (exact) mass is 410 g/mol. The van der Waals surface area contributed by atoms with E-state index in [1.165, 1.54) is 10.5 Å². The molecule has 0 radical (unpaired) electrons. The number of benzene rings is 2. The molecular formula is C24H34N4O2. The molecule has 0 aliphatic rings. The lowest BCUT2D eigenvalue weighted by Gasteiger charge is -2.24. The van der Waals surface area contributed by atoms with Crippen molar-refractivity contribution in [3.63, 3.8) is 0 Å². The van der Waals surface area contributed by atoms with E-state index >= 15 is 0 Å². The SMILES string of the molecule is CCN(CCNC(=O)N(C)CC(=O)Nc1c(C)cc(C)cc1C)c1cccc(C)c1. The third kappa shape index (κ3) is 6.51. The molecule has 6 nitrogen and oxygen atoms in total. The predicted molar refractivity (Wildman–Crippen MR) is 124 cm³/mol. The zero-order chi connectivity index (χ0) is 22.3. The number of anilines is 2. The fourth-order valence-corrected chi connectivity index (χ4v) is 3.57. The summed E-state index contributed by atoms with van der Waals surface area (Å²) in [7, 11) is 1.63. The number of rotatable bonds is 8. The maximum atomic E-state index is 12.4. The van der Waals surface area contributed by atoms with Crippen LogP contribution >= 0.6 is 0 Å². The quantitative estimate of drug-likeness (QED) is 0.691. The average Bonchev–Trinajstić information content (AvgIpc) is 2.67. The van der Waals surface area contributed by atoms with Gasteiger partial charge in [-0.1, -0.05) is 29.8 Å². The van der Waals surface area contributed by atoms with Gasteiger partial charge in [0, 0.05) is 38.1 Å². The van der Waals surface area contributed by atoms with Crippen LogP contribution in [0.25, 0.3) is 0 Å². The van der Waals surface area contributed by atoms with Crippen molar-refractivity contribution < 1.29 is 9.59 Å². The summed E-state index contributed by atoms with van der Waals surface area (Å²) in [6, 6.07) is 12.1. The minimum absolute atomic E-state index is 0.00599. The lowest BCUT2D eigenvalue weighted by atomic mass is 10.1. The number of aryl methyl sites for hydroxylation is 4. The van der Waals surface area contributed by atoms with Gasteiger partial charge in [0.15, 0.2) is 0 Å². The van der Waals surface area contributed by atoms with Crippen molar-refractivity contribution in [2.45, 2.75) is 34.6 Å². The predicted octanol–water partition coefficient (Wildman–Crippen LogP) is 4.03. The molecule has 6 heteroatoms. The van der Waals surface area contributed by atoms with E-state index in [2.05, 4.69) is 47.6 Å². The Morgan fingerprint density at radius 3 is 2.23 bits per heavy atom. The molecule has 0 atom stereocenters. The average molecular weight is 411 g/mol. The molecule has 0 bridgehead atoms. The molecular weight excluding hydrogens is 376 g/mol. The summed E-state index contributed by atoms with van der Waals surface area (Å²) in [5.74, 6) is -0.211. The van der Waals surface area contributed by atoms with Crippen molar-refractivity contribution in [1.29, 1.82) is 0 Å². The first-order chi connectivity index (χ1) is 14.2. The second-order valence-corrected chi connectivity index (χ2v) is 7.83. The van der Waals surface area contributed by atoms with E-state index in [1.54, 1.807) is 7.05 Å². The number of nitrogens with zero attached hydrogens (tertiary/aromatic N) is 2. The molecule has 2 rings (SSSR count). The Hall–Kier alpha value is -3.02. The highest BCUT2D eigenvalue weighted by Crippen LogP contribution is 2.21. The smallest absolute Gasteiger partial charge is 0.317 e. The van der Waals surface area contributed by atoms with Gasteiger partial charge in [0.05, 0.1) is 0 Å². The third-order valence-electron chi connectivity index (χ3n) is 5.08. The maximum absolute atomic E-state index is 12.4. The van der Waals surface area contributed by atoms with Crippen molar-refractivity contribution in [2.24, 2.45) is 0 Å². The number of likely N-dealkylation sites (N-methyl/N-ethyl adjacent to an activating group) is 2. The van der Waals surface area contributed by atoms with Gasteiger partial charge in [0.1, 0.15) is 6.54 Å². The Morgan fingerprint density at radius 1 is 0.967 bits per heavy atom. The Morgan fingerprint density at radius 2 is 1.63 bits per heavy atom. The van der Waals surface area contributed by atoms with E-state index in [9.17, 15) is 9.59 Å². The van der Waals surface area contributed by atoms with Gasteiger partial charge >= 0.3 is 6.03 Å². The van der Waals surface area contributed by atoms with Crippen molar-refractivity contribution >= 4 is 23.3 Å². The number of carbonyl (C=O) groups is 2. The Bertz CT molecular complexity index is 872. The summed E-state index contributed by atoms with van der Waals surface area (Å²) in [6.07, 6.45) is 0. The van der Waals surface area contributed by atoms with Crippen LogP contribution in [-0.4, -0.2) is 50.1 Å². The number of carbonyl (C=O) groups excluding carboxylic acids is 2. The second kappa shape index (κ2) is 10.7. The van der Waals surface area contributed by atoms with Gasteiger partial charge in [-0.05, 0) is 63.4 Å². The van der Waals surface area contributed by atoms with Crippen LogP contribution in [0.5, 0.6) is 0 Å². The van der Waals surface area contributed by atoms with Gasteiger partial charge in [-0.25, -0.2) is 4.79 Å². The second-order valence-electron chi connectivity index (χ2n) is 7.83. The van der Waals surface area contributed by atoms with Crippen LogP contribution in [0.15, 0.2) is 36.4 Å². The molecule has 0 aliphatic carbocycles. The summed E-state index contributed by atoms with van der Waals surface area (Å²) in [5.41, 5.74) is 6.36. The van der Waals surface area contributed by atoms with Gasteiger partial charge in [0.25, 0.3) is 0 Å². The van der Waals surface area contributed by atoms with Crippen molar-refractivity contribution in [3.8, 4) is 0 Å². The Kier molecular flexibility index (Phi) is 8.27. The van der Waals surface area contributed by atoms with E-state index in [0.717, 1.165) is 34.6 Å². The lowest BCUT2D eigenvalue weighted by molar-refractivity contribution is -0.116. The highest BCUT2D eigenvalue weighted by atomic mass is 16.2. The molecule has 0 spiro atoms. The number of amides is 3. The van der Waals surface area contributed by atoms with Crippen LogP contribution in [0.3, 0.4) is 0 Å². The number of nitrogens with one attached hydrogen (secondary N) is 2. The van der Waals surface area contributed by atoms with Crippen LogP contribution in [0.1, 0.15) is 29.2 Å². The molecule has 0 heterocycles. The van der Waals surface area contributed by atoms with Gasteiger partial charge in [-0.3, -0.25) is 4.79 Å². The van der Waals surface area contributed by atoms with E-state index < -0.39 is 0 Å². The number of hydrogen-bond donors (Lipinski definition) is 2. The summed E-state index contributed by atoms with van der Waals surface area (Å²) in [6.45, 7) is 12.2. The van der Waals surface area contributed by atoms with Crippen LogP contribution in [0.4, 0.5) is 16.2 Å². The standard InChI is InChI=1S/C24H34N4O2/c1-7-28(21-10-8-9-17(2)15-21)12-11-25-24(30)27(6)16-22(29)26-23-19(4)13-18(3)14-20(23)5/h8-10,13-15H,7,11-12,16H2,1-6H3,(H,25,30)(H,26,29). The van der Waals surface area contributed by atoms with Crippen molar-refractivity contribution in [2.75, 3.05) is 43.4 Å². The van der Waals surface area contributed by atoms with E-state index in [1.807, 2.05) is 39.0 Å². The Balaban J connectivity index is 1.83. The molecule has 30 heavy (non-hydrogen) atoms. The Labute approximate surface area is 180 Å². The van der Waals surface area contributed by atoms with Gasteiger partial charge in [-0.15, -0.1) is 0 Å². The molecule has 162 valence electrons. The van der Waals surface area contributed by atoms with Crippen molar-refractivity contribution in [3.05, 3.63) is 58.7 Å². The first-order valence-electron chi connectivity index (χ1n) is 10.4. The molecule has 0 unspecified atom stereocenters. The topological polar surface area (TPSA) is 64.7 Å². The molecule has 3 amide bonds. The van der Waals surface area contributed by atoms with Gasteiger partial charge in [0.2, 0.25) is 5.91 Å². The molecule has 2 aromatic rings. The highest BCUT2D eigenvalue weighted by Gasteiger charge is 2.15. The zero-order valence-corrected chi connectivity index (χ0v) is 19.0. The van der Waals surface area contributed by atoms with E-state index in [-0.39, 0.29) is 18.5 Å². The molecule has 0 aliphatic heterocycles. The highest BCUT2D eigenvalue weighted by molar-refractivity contribution is 5.95. The van der Waals surface area contributed by atoms with E-state index in [0.29, 0.717) is 13.1 Å². The third-order valence-corrected chi connectivity index (χ3v) is 5.08. The fourth-order valence-electron chi connectivity index (χ4n) is 3.57. The fraction of sp³-hybridized carbons (Fsp3) is 0.417. The summed E-state index contributed by atoms with van der Waals surface area (Å²) in [5, 5.41) is 5.83. The molecule has 0 fully saturated rings. The summed E-state index contributed by atoms with van der Waals surface area (Å²) in [4.78, 5) is 28.4. The van der Waals surface area contributed by atoms with Crippen LogP contribution in [-0.2, 0) is 4.79 Å². The lowest BCUT2D eigenvalue weighted by Crippen LogP contribution is -2.44. The molecule has 0 saturated heterocycles.